The van der Waals surface area contributed by atoms with Crippen LogP contribution in [0, 0.1) is 5.92 Å². The normalized spacial score (nSPS) is 31.4. The van der Waals surface area contributed by atoms with Gasteiger partial charge in [0.1, 0.15) is 0 Å². The smallest absolute Gasteiger partial charge is 0.157 e. The fourth-order valence-corrected chi connectivity index (χ4v) is 3.85. The minimum absolute atomic E-state index is 0.345. The predicted molar refractivity (Wildman–Crippen MR) is 79.0 cm³/mol. The van der Waals surface area contributed by atoms with E-state index < -0.39 is 0 Å². The maximum Gasteiger partial charge on any atom is 0.157 e. The van der Waals surface area contributed by atoms with Crippen LogP contribution in [-0.4, -0.2) is 17.0 Å². The second-order valence-electron chi connectivity index (χ2n) is 5.43. The van der Waals surface area contributed by atoms with Crippen molar-refractivity contribution in [1.29, 1.82) is 0 Å². The van der Waals surface area contributed by atoms with Gasteiger partial charge in [0.25, 0.3) is 0 Å². The number of rotatable bonds is 2. The Bertz CT molecular complexity index is 429. The maximum atomic E-state index is 4.82. The van der Waals surface area contributed by atoms with Crippen LogP contribution < -0.4 is 5.32 Å². The number of nitrogens with one attached hydrogen (secondary N) is 1. The van der Waals surface area contributed by atoms with Gasteiger partial charge >= 0.3 is 0 Å². The summed E-state index contributed by atoms with van der Waals surface area (Å²) in [6.07, 6.45) is 3.96. The minimum Gasteiger partial charge on any atom is -0.362 e. The number of hydrogen-bond donors (Lipinski definition) is 1. The summed E-state index contributed by atoms with van der Waals surface area (Å²) >= 11 is 1.87. The van der Waals surface area contributed by atoms with E-state index in [0.717, 1.165) is 16.8 Å². The Labute approximate surface area is 113 Å². The molecule has 2 nitrogen and oxygen atoms in total. The zero-order valence-electron chi connectivity index (χ0n) is 10.8. The van der Waals surface area contributed by atoms with E-state index in [1.807, 2.05) is 11.8 Å². The van der Waals surface area contributed by atoms with Gasteiger partial charge in [-0.2, -0.15) is 0 Å². The summed E-state index contributed by atoms with van der Waals surface area (Å²) in [6, 6.07) is 11.6. The fraction of sp³-hybridized carbons (Fsp3) is 0.533. The van der Waals surface area contributed by atoms with Crippen LogP contribution in [0.15, 0.2) is 35.3 Å². The molecule has 0 spiro atoms. The molecule has 1 fully saturated rings. The second kappa shape index (κ2) is 5.35. The molecule has 1 aliphatic heterocycles. The molecular formula is C15H20N2S. The molecule has 0 saturated heterocycles. The number of hydrogen-bond acceptors (Lipinski definition) is 3. The lowest BCUT2D eigenvalue weighted by Crippen LogP contribution is -2.30. The van der Waals surface area contributed by atoms with E-state index in [9.17, 15) is 0 Å². The minimum atomic E-state index is 0.345. The zero-order valence-corrected chi connectivity index (χ0v) is 11.6. The summed E-state index contributed by atoms with van der Waals surface area (Å²) in [5.41, 5.74) is 1.33. The van der Waals surface area contributed by atoms with Crippen molar-refractivity contribution in [2.75, 3.05) is 5.75 Å². The molecule has 18 heavy (non-hydrogen) atoms. The van der Waals surface area contributed by atoms with Crippen molar-refractivity contribution in [3.63, 3.8) is 0 Å². The van der Waals surface area contributed by atoms with E-state index in [1.165, 1.54) is 24.8 Å². The molecule has 0 bridgehead atoms. The first-order valence-electron chi connectivity index (χ1n) is 6.83. The Hall–Kier alpha value is -0.960. The Morgan fingerprint density at radius 1 is 1.22 bits per heavy atom. The Balaban J connectivity index is 1.62. The highest BCUT2D eigenvalue weighted by Gasteiger charge is 2.25. The second-order valence-corrected chi connectivity index (χ2v) is 6.44. The molecule has 3 atom stereocenters. The summed E-state index contributed by atoms with van der Waals surface area (Å²) in [6.45, 7) is 2.35. The number of thioether (sulfide) groups is 1. The molecule has 3 rings (SSSR count). The molecule has 0 amide bonds. The molecule has 1 saturated carbocycles. The Morgan fingerprint density at radius 3 is 2.78 bits per heavy atom. The Morgan fingerprint density at radius 2 is 2.06 bits per heavy atom. The number of amidine groups is 1. The van der Waals surface area contributed by atoms with Gasteiger partial charge in [0, 0.05) is 11.8 Å². The van der Waals surface area contributed by atoms with Gasteiger partial charge in [0.15, 0.2) is 5.17 Å². The standard InChI is InChI=1S/C15H20N2S/c1-11-7-8-13(9-11)16-15-17-14(10-18-15)12-5-3-2-4-6-12/h2-6,11,13-14H,7-10H2,1H3,(H,16,17). The van der Waals surface area contributed by atoms with Crippen LogP contribution in [0.25, 0.3) is 0 Å². The van der Waals surface area contributed by atoms with Crippen molar-refractivity contribution in [1.82, 2.24) is 5.32 Å². The van der Waals surface area contributed by atoms with Gasteiger partial charge < -0.3 is 5.32 Å². The van der Waals surface area contributed by atoms with Crippen molar-refractivity contribution < 1.29 is 0 Å². The summed E-state index contributed by atoms with van der Waals surface area (Å²) in [4.78, 5) is 4.82. The maximum absolute atomic E-state index is 4.82. The van der Waals surface area contributed by atoms with Crippen LogP contribution >= 0.6 is 11.8 Å². The number of aliphatic imine (C=N–C) groups is 1. The first-order valence-corrected chi connectivity index (χ1v) is 7.82. The quantitative estimate of drug-likeness (QED) is 0.878. The van der Waals surface area contributed by atoms with E-state index in [0.29, 0.717) is 12.1 Å². The van der Waals surface area contributed by atoms with E-state index in [4.69, 9.17) is 4.99 Å². The lowest BCUT2D eigenvalue weighted by molar-refractivity contribution is 0.572. The van der Waals surface area contributed by atoms with Gasteiger partial charge in [0.2, 0.25) is 0 Å². The molecule has 3 unspecified atom stereocenters. The molecule has 1 N–H and O–H groups in total. The van der Waals surface area contributed by atoms with Gasteiger partial charge in [-0.25, -0.2) is 0 Å². The number of nitrogens with zero attached hydrogens (tertiary/aromatic N) is 1. The average molecular weight is 260 g/mol. The van der Waals surface area contributed by atoms with Crippen molar-refractivity contribution >= 4 is 16.9 Å². The molecule has 1 aromatic carbocycles. The third-order valence-electron chi connectivity index (χ3n) is 3.86. The highest BCUT2D eigenvalue weighted by atomic mass is 32.2. The first-order chi connectivity index (χ1) is 8.81. The van der Waals surface area contributed by atoms with Crippen molar-refractivity contribution in [3.8, 4) is 0 Å². The van der Waals surface area contributed by atoms with Crippen LogP contribution in [0.1, 0.15) is 37.8 Å². The highest BCUT2D eigenvalue weighted by molar-refractivity contribution is 8.14. The SMILES string of the molecule is CC1CCC(NC2=NC(c3ccccc3)CS2)C1. The third kappa shape index (κ3) is 2.72. The summed E-state index contributed by atoms with van der Waals surface area (Å²) in [5, 5.41) is 4.78. The first kappa shape index (κ1) is 12.1. The van der Waals surface area contributed by atoms with Gasteiger partial charge in [-0.1, -0.05) is 49.0 Å². The zero-order chi connectivity index (χ0) is 12.4. The van der Waals surface area contributed by atoms with E-state index in [-0.39, 0.29) is 0 Å². The highest BCUT2D eigenvalue weighted by Crippen LogP contribution is 2.31. The fourth-order valence-electron chi connectivity index (χ4n) is 2.81. The van der Waals surface area contributed by atoms with Crippen LogP contribution in [0.2, 0.25) is 0 Å². The van der Waals surface area contributed by atoms with Crippen molar-refractivity contribution in [3.05, 3.63) is 35.9 Å². The molecule has 1 heterocycles. The lowest BCUT2D eigenvalue weighted by Gasteiger charge is -2.12. The van der Waals surface area contributed by atoms with E-state index >= 15 is 0 Å². The van der Waals surface area contributed by atoms with Crippen LogP contribution in [-0.2, 0) is 0 Å². The topological polar surface area (TPSA) is 24.4 Å². The van der Waals surface area contributed by atoms with Crippen molar-refractivity contribution in [2.45, 2.75) is 38.3 Å². The van der Waals surface area contributed by atoms with E-state index in [2.05, 4.69) is 42.6 Å². The largest absolute Gasteiger partial charge is 0.362 e. The number of benzene rings is 1. The summed E-state index contributed by atoms with van der Waals surface area (Å²) in [7, 11) is 0. The van der Waals surface area contributed by atoms with Crippen LogP contribution in [0.4, 0.5) is 0 Å². The molecule has 3 heteroatoms. The molecule has 96 valence electrons. The van der Waals surface area contributed by atoms with E-state index in [1.54, 1.807) is 0 Å². The monoisotopic (exact) mass is 260 g/mol. The third-order valence-corrected chi connectivity index (χ3v) is 4.84. The van der Waals surface area contributed by atoms with Crippen LogP contribution in [0.3, 0.4) is 0 Å². The molecule has 1 aliphatic carbocycles. The molecule has 0 radical (unpaired) electrons. The van der Waals surface area contributed by atoms with Crippen LogP contribution in [0.5, 0.6) is 0 Å². The van der Waals surface area contributed by atoms with Gasteiger partial charge in [0.05, 0.1) is 6.04 Å². The molecule has 1 aromatic rings. The summed E-state index contributed by atoms with van der Waals surface area (Å²) in [5.74, 6) is 1.95. The van der Waals surface area contributed by atoms with Gasteiger partial charge in [-0.05, 0) is 30.7 Å². The molecule has 0 aromatic heterocycles. The molecular weight excluding hydrogens is 240 g/mol. The Kier molecular flexibility index (Phi) is 3.59. The molecule has 2 aliphatic rings. The average Bonchev–Trinajstić information content (AvgIpc) is 3.01. The lowest BCUT2D eigenvalue weighted by atomic mass is 10.1. The predicted octanol–water partition coefficient (Wildman–Crippen LogP) is 3.61. The summed E-state index contributed by atoms with van der Waals surface area (Å²) < 4.78 is 0. The van der Waals surface area contributed by atoms with Gasteiger partial charge in [-0.3, -0.25) is 4.99 Å². The van der Waals surface area contributed by atoms with Gasteiger partial charge in [-0.15, -0.1) is 0 Å². The van der Waals surface area contributed by atoms with Crippen molar-refractivity contribution in [2.24, 2.45) is 10.9 Å².